The topological polar surface area (TPSA) is 58.0 Å². The van der Waals surface area contributed by atoms with Crippen molar-refractivity contribution in [3.05, 3.63) is 93.7 Å². The average Bonchev–Trinajstić information content (AvgIpc) is 2.66. The third-order valence-electron chi connectivity index (χ3n) is 4.52. The second-order valence-corrected chi connectivity index (χ2v) is 7.45. The van der Waals surface area contributed by atoms with E-state index in [0.717, 1.165) is 16.5 Å². The van der Waals surface area contributed by atoms with Gasteiger partial charge < -0.3 is 10.4 Å². The lowest BCUT2D eigenvalue weighted by molar-refractivity contribution is 0.471. The highest BCUT2D eigenvalue weighted by molar-refractivity contribution is 6.34. The zero-order valence-electron chi connectivity index (χ0n) is 15.0. The van der Waals surface area contributed by atoms with Crippen molar-refractivity contribution in [3.63, 3.8) is 0 Å². The van der Waals surface area contributed by atoms with Gasteiger partial charge in [-0.3, -0.25) is 4.98 Å². The number of benzene rings is 2. The molecule has 2 aromatic heterocycles. The second-order valence-electron chi connectivity index (χ2n) is 6.58. The van der Waals surface area contributed by atoms with Crippen LogP contribution in [0.5, 0.6) is 5.75 Å². The van der Waals surface area contributed by atoms with Crippen LogP contribution in [0.25, 0.3) is 10.9 Å². The van der Waals surface area contributed by atoms with Crippen molar-refractivity contribution in [1.82, 2.24) is 9.97 Å². The van der Waals surface area contributed by atoms with Crippen molar-refractivity contribution in [3.8, 4) is 5.75 Å². The standard InChI is InChI=1S/C22H17Cl2N3O/c1-13-6-8-25-19(9-13)27-20(15-10-16(23)12-17(24)11-15)18-5-4-14-3-2-7-26-21(14)22(18)28/h2-12,20,28H,1H3,(H,25,27). The lowest BCUT2D eigenvalue weighted by Gasteiger charge is -2.22. The van der Waals surface area contributed by atoms with Gasteiger partial charge in [-0.1, -0.05) is 41.4 Å². The Morgan fingerprint density at radius 1 is 0.929 bits per heavy atom. The highest BCUT2D eigenvalue weighted by atomic mass is 35.5. The predicted molar refractivity (Wildman–Crippen MR) is 114 cm³/mol. The third kappa shape index (κ3) is 3.75. The first kappa shape index (κ1) is 18.5. The molecule has 1 atom stereocenters. The van der Waals surface area contributed by atoms with Crippen LogP contribution in [0, 0.1) is 6.92 Å². The number of aryl methyl sites for hydroxylation is 1. The number of phenols is 1. The summed E-state index contributed by atoms with van der Waals surface area (Å²) in [6.45, 7) is 2.00. The van der Waals surface area contributed by atoms with E-state index in [-0.39, 0.29) is 5.75 Å². The summed E-state index contributed by atoms with van der Waals surface area (Å²) in [4.78, 5) is 8.72. The monoisotopic (exact) mass is 409 g/mol. The van der Waals surface area contributed by atoms with Crippen molar-refractivity contribution < 1.29 is 5.11 Å². The van der Waals surface area contributed by atoms with E-state index in [4.69, 9.17) is 23.2 Å². The summed E-state index contributed by atoms with van der Waals surface area (Å²) in [6.07, 6.45) is 3.40. The maximum Gasteiger partial charge on any atom is 0.147 e. The SMILES string of the molecule is Cc1ccnc(NC(c2cc(Cl)cc(Cl)c2)c2ccc3cccnc3c2O)c1. The van der Waals surface area contributed by atoms with Crippen LogP contribution in [-0.2, 0) is 0 Å². The molecular formula is C22H17Cl2N3O. The molecule has 0 saturated carbocycles. The van der Waals surface area contributed by atoms with Crippen molar-refractivity contribution in [2.45, 2.75) is 13.0 Å². The van der Waals surface area contributed by atoms with Crippen molar-refractivity contribution in [1.29, 1.82) is 0 Å². The van der Waals surface area contributed by atoms with Gasteiger partial charge in [0.1, 0.15) is 17.1 Å². The molecule has 140 valence electrons. The molecule has 2 N–H and O–H groups in total. The minimum absolute atomic E-state index is 0.111. The molecule has 2 heterocycles. The van der Waals surface area contributed by atoms with E-state index in [1.165, 1.54) is 0 Å². The molecule has 0 aliphatic heterocycles. The van der Waals surface area contributed by atoms with Crippen molar-refractivity contribution in [2.75, 3.05) is 5.32 Å². The van der Waals surface area contributed by atoms with Crippen molar-refractivity contribution in [2.24, 2.45) is 0 Å². The Bertz CT molecular complexity index is 1140. The Morgan fingerprint density at radius 2 is 1.71 bits per heavy atom. The number of aromatic nitrogens is 2. The third-order valence-corrected chi connectivity index (χ3v) is 4.95. The van der Waals surface area contributed by atoms with Gasteiger partial charge in [0.25, 0.3) is 0 Å². The molecule has 0 aliphatic rings. The molecule has 6 heteroatoms. The van der Waals surface area contributed by atoms with Crippen LogP contribution in [0.15, 0.2) is 67.0 Å². The molecule has 0 fully saturated rings. The Labute approximate surface area is 172 Å². The number of pyridine rings is 2. The molecule has 0 amide bonds. The number of anilines is 1. The first-order valence-electron chi connectivity index (χ1n) is 8.73. The van der Waals surface area contributed by atoms with E-state index in [0.29, 0.717) is 26.9 Å². The lowest BCUT2D eigenvalue weighted by atomic mass is 9.96. The van der Waals surface area contributed by atoms with Crippen LogP contribution in [0.3, 0.4) is 0 Å². The minimum Gasteiger partial charge on any atom is -0.505 e. The number of halogens is 2. The molecule has 4 nitrogen and oxygen atoms in total. The molecule has 0 spiro atoms. The van der Waals surface area contributed by atoms with E-state index < -0.39 is 6.04 Å². The van der Waals surface area contributed by atoms with E-state index in [2.05, 4.69) is 15.3 Å². The molecule has 28 heavy (non-hydrogen) atoms. The lowest BCUT2D eigenvalue weighted by Crippen LogP contribution is -2.14. The number of nitrogens with zero attached hydrogens (tertiary/aromatic N) is 2. The van der Waals surface area contributed by atoms with Crippen LogP contribution in [0.4, 0.5) is 5.82 Å². The average molecular weight is 410 g/mol. The maximum absolute atomic E-state index is 11.0. The summed E-state index contributed by atoms with van der Waals surface area (Å²) in [7, 11) is 0. The van der Waals surface area contributed by atoms with Gasteiger partial charge in [0.2, 0.25) is 0 Å². The number of hydrogen-bond acceptors (Lipinski definition) is 4. The van der Waals surface area contributed by atoms with Crippen LogP contribution in [-0.4, -0.2) is 15.1 Å². The van der Waals surface area contributed by atoms with Gasteiger partial charge in [-0.05, 0) is 54.4 Å². The normalized spacial score (nSPS) is 12.1. The van der Waals surface area contributed by atoms with Gasteiger partial charge in [-0.25, -0.2) is 4.98 Å². The molecule has 2 aromatic carbocycles. The molecule has 0 bridgehead atoms. The Morgan fingerprint density at radius 3 is 2.46 bits per heavy atom. The smallest absolute Gasteiger partial charge is 0.147 e. The fourth-order valence-corrected chi connectivity index (χ4v) is 3.77. The van der Waals surface area contributed by atoms with E-state index >= 15 is 0 Å². The summed E-state index contributed by atoms with van der Waals surface area (Å²) >= 11 is 12.5. The van der Waals surface area contributed by atoms with Crippen LogP contribution < -0.4 is 5.32 Å². The van der Waals surface area contributed by atoms with E-state index in [9.17, 15) is 5.11 Å². The summed E-state index contributed by atoms with van der Waals surface area (Å²) < 4.78 is 0. The first-order chi connectivity index (χ1) is 13.5. The van der Waals surface area contributed by atoms with Gasteiger partial charge in [0.15, 0.2) is 0 Å². The molecular weight excluding hydrogens is 393 g/mol. The molecule has 0 saturated heterocycles. The highest BCUT2D eigenvalue weighted by Crippen LogP contribution is 2.37. The fraction of sp³-hybridized carbons (Fsp3) is 0.0909. The van der Waals surface area contributed by atoms with Gasteiger partial charge in [-0.15, -0.1) is 0 Å². The minimum atomic E-state index is -0.420. The predicted octanol–water partition coefficient (Wildman–Crippen LogP) is 6.15. The molecule has 4 aromatic rings. The Balaban J connectivity index is 1.88. The second kappa shape index (κ2) is 7.66. The first-order valence-corrected chi connectivity index (χ1v) is 9.48. The quantitative estimate of drug-likeness (QED) is 0.424. The molecule has 1 unspecified atom stereocenters. The summed E-state index contributed by atoms with van der Waals surface area (Å²) in [5, 5.41) is 16.3. The molecule has 4 rings (SSSR count). The van der Waals surface area contributed by atoms with Gasteiger partial charge in [0.05, 0.1) is 6.04 Å². The summed E-state index contributed by atoms with van der Waals surface area (Å²) in [5.41, 5.74) is 3.08. The number of nitrogens with one attached hydrogen (secondary N) is 1. The van der Waals surface area contributed by atoms with Crippen LogP contribution in [0.1, 0.15) is 22.7 Å². The largest absolute Gasteiger partial charge is 0.505 e. The molecule has 0 aliphatic carbocycles. The van der Waals surface area contributed by atoms with Crippen LogP contribution >= 0.6 is 23.2 Å². The number of hydrogen-bond donors (Lipinski definition) is 2. The number of rotatable bonds is 4. The maximum atomic E-state index is 11.0. The van der Waals surface area contributed by atoms with E-state index in [1.54, 1.807) is 18.5 Å². The van der Waals surface area contributed by atoms with Gasteiger partial charge in [0, 0.05) is 33.4 Å². The Kier molecular flexibility index (Phi) is 5.07. The summed E-state index contributed by atoms with van der Waals surface area (Å²) in [5.74, 6) is 0.793. The van der Waals surface area contributed by atoms with Gasteiger partial charge >= 0.3 is 0 Å². The number of fused-ring (bicyclic) bond motifs is 1. The fourth-order valence-electron chi connectivity index (χ4n) is 3.22. The number of phenolic OH excluding ortho intramolecular Hbond substituents is 1. The zero-order valence-corrected chi connectivity index (χ0v) is 16.5. The highest BCUT2D eigenvalue weighted by Gasteiger charge is 2.21. The van der Waals surface area contributed by atoms with Crippen molar-refractivity contribution >= 4 is 39.9 Å². The van der Waals surface area contributed by atoms with E-state index in [1.807, 2.05) is 55.5 Å². The molecule has 0 radical (unpaired) electrons. The Hall–Kier alpha value is -2.82. The number of aromatic hydroxyl groups is 1. The summed E-state index contributed by atoms with van der Waals surface area (Å²) in [6, 6.07) is 16.3. The van der Waals surface area contributed by atoms with Gasteiger partial charge in [-0.2, -0.15) is 0 Å². The zero-order chi connectivity index (χ0) is 19.7. The van der Waals surface area contributed by atoms with Crippen LogP contribution in [0.2, 0.25) is 10.0 Å².